The highest BCUT2D eigenvalue weighted by Gasteiger charge is 2.22. The number of nitrogens with zero attached hydrogens (tertiary/aromatic N) is 4. The Labute approximate surface area is 186 Å². The predicted octanol–water partition coefficient (Wildman–Crippen LogP) is 4.47. The number of carbonyl (C=O) groups is 1. The maximum Gasteiger partial charge on any atom is 0.227 e. The Morgan fingerprint density at radius 1 is 0.969 bits per heavy atom. The van der Waals surface area contributed by atoms with E-state index in [1.54, 1.807) is 0 Å². The number of fused-ring (bicyclic) bond motifs is 3. The van der Waals surface area contributed by atoms with Crippen LogP contribution in [0.5, 0.6) is 0 Å². The van der Waals surface area contributed by atoms with Crippen molar-refractivity contribution in [2.24, 2.45) is 0 Å². The predicted molar refractivity (Wildman–Crippen MR) is 127 cm³/mol. The number of aromatic nitrogens is 3. The number of benzene rings is 1. The van der Waals surface area contributed by atoms with Crippen molar-refractivity contribution in [3.8, 4) is 22.3 Å². The molecule has 6 rings (SSSR count). The lowest BCUT2D eigenvalue weighted by atomic mass is 10.0. The van der Waals surface area contributed by atoms with E-state index in [1.165, 1.54) is 0 Å². The standard InChI is InChI=1S/C26H23N5O/c1-17-24-14-23-22(8-9-29-26(23)31(24)12-10-28-17)20-13-19(15-27-16-20)18-4-6-21(7-5-18)30-11-2-3-25(30)32/h4-9,13-16,28H,1-3,10-12H2. The van der Waals surface area contributed by atoms with Crippen molar-refractivity contribution >= 4 is 28.3 Å². The number of rotatable bonds is 3. The molecular formula is C26H23N5O. The van der Waals surface area contributed by atoms with Crippen molar-refractivity contribution in [3.05, 3.63) is 73.3 Å². The molecule has 1 fully saturated rings. The van der Waals surface area contributed by atoms with Gasteiger partial charge >= 0.3 is 0 Å². The molecule has 1 saturated heterocycles. The fourth-order valence-corrected chi connectivity index (χ4v) is 4.79. The molecule has 1 aromatic carbocycles. The van der Waals surface area contributed by atoms with Crippen LogP contribution in [0.15, 0.2) is 67.6 Å². The van der Waals surface area contributed by atoms with Crippen LogP contribution in [0.25, 0.3) is 39.0 Å². The van der Waals surface area contributed by atoms with Gasteiger partial charge < -0.3 is 14.8 Å². The van der Waals surface area contributed by atoms with E-state index in [2.05, 4.69) is 50.7 Å². The molecule has 1 N–H and O–H groups in total. The molecule has 2 aliphatic rings. The molecule has 3 aromatic heterocycles. The molecule has 0 aliphatic carbocycles. The summed E-state index contributed by atoms with van der Waals surface area (Å²) in [5.41, 5.74) is 8.24. The number of hydrogen-bond donors (Lipinski definition) is 1. The van der Waals surface area contributed by atoms with Crippen LogP contribution in [0.4, 0.5) is 5.69 Å². The van der Waals surface area contributed by atoms with Gasteiger partial charge in [-0.05, 0) is 47.9 Å². The smallest absolute Gasteiger partial charge is 0.227 e. The van der Waals surface area contributed by atoms with Gasteiger partial charge in [0.05, 0.1) is 11.4 Å². The summed E-state index contributed by atoms with van der Waals surface area (Å²) in [5.74, 6) is 0.205. The summed E-state index contributed by atoms with van der Waals surface area (Å²) in [6.07, 6.45) is 7.22. The van der Waals surface area contributed by atoms with Gasteiger partial charge in [0.1, 0.15) is 5.65 Å². The number of carbonyl (C=O) groups excluding carboxylic acids is 1. The van der Waals surface area contributed by atoms with Gasteiger partial charge in [0.15, 0.2) is 0 Å². The summed E-state index contributed by atoms with van der Waals surface area (Å²) in [6.45, 7) is 6.69. The van der Waals surface area contributed by atoms with E-state index in [-0.39, 0.29) is 5.91 Å². The molecular weight excluding hydrogens is 398 g/mol. The first-order valence-corrected chi connectivity index (χ1v) is 11.0. The molecule has 6 heteroatoms. The molecule has 1 amide bonds. The zero-order valence-electron chi connectivity index (χ0n) is 17.7. The number of pyridine rings is 2. The average molecular weight is 422 g/mol. The van der Waals surface area contributed by atoms with E-state index in [9.17, 15) is 4.79 Å². The molecule has 158 valence electrons. The highest BCUT2D eigenvalue weighted by molar-refractivity contribution is 5.97. The number of hydrogen-bond acceptors (Lipinski definition) is 4. The second kappa shape index (κ2) is 7.34. The maximum atomic E-state index is 12.0. The van der Waals surface area contributed by atoms with E-state index in [4.69, 9.17) is 0 Å². The minimum atomic E-state index is 0.205. The zero-order chi connectivity index (χ0) is 21.7. The SMILES string of the molecule is C=C1NCCn2c1cc1c(-c3cncc(-c4ccc(N5CCCC5=O)cc4)c3)ccnc12. The van der Waals surface area contributed by atoms with Gasteiger partial charge in [-0.1, -0.05) is 18.7 Å². The first-order valence-electron chi connectivity index (χ1n) is 11.0. The van der Waals surface area contributed by atoms with Crippen LogP contribution >= 0.6 is 0 Å². The fourth-order valence-electron chi connectivity index (χ4n) is 4.79. The Morgan fingerprint density at radius 2 is 1.81 bits per heavy atom. The highest BCUT2D eigenvalue weighted by Crippen LogP contribution is 2.34. The van der Waals surface area contributed by atoms with Crippen LogP contribution in [-0.4, -0.2) is 33.5 Å². The second-order valence-electron chi connectivity index (χ2n) is 8.34. The normalized spacial score (nSPS) is 15.8. The average Bonchev–Trinajstić information content (AvgIpc) is 3.43. The third-order valence-electron chi connectivity index (χ3n) is 6.41. The Kier molecular flexibility index (Phi) is 4.31. The quantitative estimate of drug-likeness (QED) is 0.530. The fraction of sp³-hybridized carbons (Fsp3) is 0.192. The minimum Gasteiger partial charge on any atom is -0.382 e. The molecule has 0 spiro atoms. The van der Waals surface area contributed by atoms with Gasteiger partial charge in [-0.15, -0.1) is 0 Å². The van der Waals surface area contributed by atoms with Crippen molar-refractivity contribution < 1.29 is 4.79 Å². The summed E-state index contributed by atoms with van der Waals surface area (Å²) in [7, 11) is 0. The third-order valence-corrected chi connectivity index (χ3v) is 6.41. The minimum absolute atomic E-state index is 0.205. The van der Waals surface area contributed by atoms with Crippen molar-refractivity contribution in [1.82, 2.24) is 19.9 Å². The maximum absolute atomic E-state index is 12.0. The molecule has 0 bridgehead atoms. The van der Waals surface area contributed by atoms with E-state index in [0.29, 0.717) is 6.42 Å². The van der Waals surface area contributed by atoms with Crippen LogP contribution in [0.3, 0.4) is 0 Å². The van der Waals surface area contributed by atoms with Crippen molar-refractivity contribution in [3.63, 3.8) is 0 Å². The lowest BCUT2D eigenvalue weighted by Gasteiger charge is -2.19. The Hall–Kier alpha value is -3.93. The first kappa shape index (κ1) is 18.8. The van der Waals surface area contributed by atoms with Crippen molar-refractivity contribution in [1.29, 1.82) is 0 Å². The van der Waals surface area contributed by atoms with Crippen LogP contribution in [0, 0.1) is 0 Å². The summed E-state index contributed by atoms with van der Waals surface area (Å²) in [5, 5.41) is 4.44. The Balaban J connectivity index is 1.39. The lowest BCUT2D eigenvalue weighted by molar-refractivity contribution is -0.117. The van der Waals surface area contributed by atoms with Crippen molar-refractivity contribution in [2.75, 3.05) is 18.0 Å². The summed E-state index contributed by atoms with van der Waals surface area (Å²) >= 11 is 0. The van der Waals surface area contributed by atoms with E-state index in [1.807, 2.05) is 41.7 Å². The third kappa shape index (κ3) is 2.99. The molecule has 4 aromatic rings. The molecule has 2 aliphatic heterocycles. The van der Waals surface area contributed by atoms with Crippen LogP contribution < -0.4 is 10.2 Å². The Morgan fingerprint density at radius 3 is 2.62 bits per heavy atom. The second-order valence-corrected chi connectivity index (χ2v) is 8.34. The molecule has 0 unspecified atom stereocenters. The Bertz CT molecular complexity index is 1370. The van der Waals surface area contributed by atoms with E-state index < -0.39 is 0 Å². The summed E-state index contributed by atoms with van der Waals surface area (Å²) in [4.78, 5) is 23.1. The lowest BCUT2D eigenvalue weighted by Crippen LogP contribution is -2.26. The number of nitrogens with one attached hydrogen (secondary N) is 1. The van der Waals surface area contributed by atoms with Crippen LogP contribution in [0.2, 0.25) is 0 Å². The van der Waals surface area contributed by atoms with E-state index >= 15 is 0 Å². The zero-order valence-corrected chi connectivity index (χ0v) is 17.7. The summed E-state index contributed by atoms with van der Waals surface area (Å²) < 4.78 is 2.23. The van der Waals surface area contributed by atoms with Crippen LogP contribution in [-0.2, 0) is 11.3 Å². The van der Waals surface area contributed by atoms with Gasteiger partial charge in [0.25, 0.3) is 0 Å². The number of anilines is 1. The van der Waals surface area contributed by atoms with Gasteiger partial charge in [-0.25, -0.2) is 4.98 Å². The summed E-state index contributed by atoms with van der Waals surface area (Å²) in [6, 6.07) is 14.6. The van der Waals surface area contributed by atoms with Gasteiger partial charge in [-0.3, -0.25) is 9.78 Å². The topological polar surface area (TPSA) is 63.1 Å². The molecule has 0 saturated carbocycles. The van der Waals surface area contributed by atoms with Gasteiger partial charge in [-0.2, -0.15) is 0 Å². The molecule has 0 radical (unpaired) electrons. The van der Waals surface area contributed by atoms with Gasteiger partial charge in [0, 0.05) is 66.8 Å². The molecule has 32 heavy (non-hydrogen) atoms. The number of amides is 1. The van der Waals surface area contributed by atoms with Crippen LogP contribution in [0.1, 0.15) is 18.5 Å². The van der Waals surface area contributed by atoms with Crippen molar-refractivity contribution in [2.45, 2.75) is 19.4 Å². The largest absolute Gasteiger partial charge is 0.382 e. The van der Waals surface area contributed by atoms with E-state index in [0.717, 1.165) is 76.4 Å². The van der Waals surface area contributed by atoms with Gasteiger partial charge in [0.2, 0.25) is 5.91 Å². The molecule has 0 atom stereocenters. The first-order chi connectivity index (χ1) is 15.7. The monoisotopic (exact) mass is 421 g/mol. The molecule has 5 heterocycles. The highest BCUT2D eigenvalue weighted by atomic mass is 16.2. The molecule has 6 nitrogen and oxygen atoms in total.